The van der Waals surface area contributed by atoms with Crippen molar-refractivity contribution in [3.05, 3.63) is 46.7 Å². The minimum atomic E-state index is -0.468. The molecule has 1 saturated heterocycles. The minimum absolute atomic E-state index is 0.0337. The first-order chi connectivity index (χ1) is 11.0. The first-order valence-electron chi connectivity index (χ1n) is 7.51. The lowest BCUT2D eigenvalue weighted by atomic mass is 9.94. The third-order valence-electron chi connectivity index (χ3n) is 3.87. The Kier molecular flexibility index (Phi) is 4.26. The van der Waals surface area contributed by atoms with Crippen molar-refractivity contribution in [2.75, 3.05) is 12.4 Å². The molecule has 1 fully saturated rings. The second-order valence-corrected chi connectivity index (χ2v) is 6.42. The van der Waals surface area contributed by atoms with Gasteiger partial charge in [0.05, 0.1) is 29.7 Å². The number of thioether (sulfide) groups is 1. The lowest BCUT2D eigenvalue weighted by molar-refractivity contribution is -0.139. The number of rotatable bonds is 3. The van der Waals surface area contributed by atoms with E-state index < -0.39 is 12.0 Å². The van der Waals surface area contributed by atoms with Crippen LogP contribution in [0.4, 0.5) is 0 Å². The number of allylic oxidation sites excluding steroid dienone is 1. The molecule has 1 amide bonds. The molecular formula is C17H18N2O3S. The molecule has 23 heavy (non-hydrogen) atoms. The first-order valence-corrected chi connectivity index (χ1v) is 8.49. The monoisotopic (exact) mass is 330 g/mol. The van der Waals surface area contributed by atoms with Crippen LogP contribution in [0.1, 0.15) is 31.0 Å². The Morgan fingerprint density at radius 2 is 2.04 bits per heavy atom. The highest BCUT2D eigenvalue weighted by atomic mass is 32.2. The number of amidine groups is 1. The Labute approximate surface area is 139 Å². The van der Waals surface area contributed by atoms with Gasteiger partial charge in [0.15, 0.2) is 5.17 Å². The highest BCUT2D eigenvalue weighted by Crippen LogP contribution is 2.40. The number of aryl methyl sites for hydroxylation is 1. The zero-order chi connectivity index (χ0) is 16.6. The van der Waals surface area contributed by atoms with Crippen molar-refractivity contribution in [3.63, 3.8) is 0 Å². The van der Waals surface area contributed by atoms with Crippen LogP contribution in [0.2, 0.25) is 0 Å². The maximum Gasteiger partial charge on any atom is 0.338 e. The fourth-order valence-corrected chi connectivity index (χ4v) is 3.72. The van der Waals surface area contributed by atoms with Crippen LogP contribution in [0.25, 0.3) is 0 Å². The Morgan fingerprint density at radius 3 is 2.70 bits per heavy atom. The molecule has 1 unspecified atom stereocenters. The average molecular weight is 330 g/mol. The number of fused-ring (bicyclic) bond motifs is 1. The third-order valence-corrected chi connectivity index (χ3v) is 4.81. The molecule has 0 N–H and O–H groups in total. The summed E-state index contributed by atoms with van der Waals surface area (Å²) >= 11 is 1.41. The van der Waals surface area contributed by atoms with Crippen molar-refractivity contribution in [1.82, 2.24) is 4.90 Å². The van der Waals surface area contributed by atoms with Gasteiger partial charge in [-0.1, -0.05) is 41.6 Å². The van der Waals surface area contributed by atoms with Crippen LogP contribution in [0.5, 0.6) is 0 Å². The normalized spacial score (nSPS) is 20.5. The number of nitrogens with zero attached hydrogens (tertiary/aromatic N) is 2. The predicted octanol–water partition coefficient (Wildman–Crippen LogP) is 2.82. The maximum absolute atomic E-state index is 12.5. The number of benzene rings is 1. The summed E-state index contributed by atoms with van der Waals surface area (Å²) in [4.78, 5) is 30.9. The Hall–Kier alpha value is -2.08. The van der Waals surface area contributed by atoms with Crippen molar-refractivity contribution in [2.24, 2.45) is 4.99 Å². The van der Waals surface area contributed by atoms with Gasteiger partial charge in [0.25, 0.3) is 0 Å². The Bertz CT molecular complexity index is 722. The van der Waals surface area contributed by atoms with Gasteiger partial charge in [-0.05, 0) is 26.3 Å². The fourth-order valence-electron chi connectivity index (χ4n) is 2.78. The molecular weight excluding hydrogens is 312 g/mol. The van der Waals surface area contributed by atoms with E-state index in [9.17, 15) is 9.59 Å². The number of amides is 1. The maximum atomic E-state index is 12.5. The van der Waals surface area contributed by atoms with Crippen LogP contribution in [0.15, 0.2) is 40.5 Å². The summed E-state index contributed by atoms with van der Waals surface area (Å²) in [5.74, 6) is -0.0957. The summed E-state index contributed by atoms with van der Waals surface area (Å²) in [5, 5.41) is 0.658. The van der Waals surface area contributed by atoms with Gasteiger partial charge >= 0.3 is 5.97 Å². The summed E-state index contributed by atoms with van der Waals surface area (Å²) in [5.41, 5.74) is 3.07. The summed E-state index contributed by atoms with van der Waals surface area (Å²) in [6.45, 7) is 5.85. The topological polar surface area (TPSA) is 59.0 Å². The minimum Gasteiger partial charge on any atom is -0.463 e. The van der Waals surface area contributed by atoms with Crippen LogP contribution in [0, 0.1) is 6.92 Å². The summed E-state index contributed by atoms with van der Waals surface area (Å²) in [7, 11) is 0. The standard InChI is InChI=1S/C17H18N2O3S/c1-4-22-16(21)14-11(3)18-17-19(13(20)9-23-17)15(14)12-7-5-10(2)6-8-12/h5-8,15H,4,9H2,1-3H3. The molecule has 1 aromatic rings. The highest BCUT2D eigenvalue weighted by molar-refractivity contribution is 8.15. The number of carbonyl (C=O) groups is 2. The molecule has 1 aromatic carbocycles. The molecule has 0 aliphatic carbocycles. The number of aliphatic imine (C=N–C) groups is 1. The van der Waals surface area contributed by atoms with E-state index in [4.69, 9.17) is 4.74 Å². The molecule has 0 saturated carbocycles. The fraction of sp³-hybridized carbons (Fsp3) is 0.353. The molecule has 2 aliphatic heterocycles. The second kappa shape index (κ2) is 6.20. The lowest BCUT2D eigenvalue weighted by Crippen LogP contribution is -2.39. The van der Waals surface area contributed by atoms with E-state index in [0.29, 0.717) is 22.2 Å². The molecule has 0 spiro atoms. The summed E-state index contributed by atoms with van der Waals surface area (Å²) < 4.78 is 5.20. The molecule has 0 aromatic heterocycles. The second-order valence-electron chi connectivity index (χ2n) is 5.48. The number of esters is 1. The Balaban J connectivity index is 2.13. The van der Waals surface area contributed by atoms with Crippen LogP contribution in [-0.2, 0) is 14.3 Å². The predicted molar refractivity (Wildman–Crippen MR) is 90.0 cm³/mol. The average Bonchev–Trinajstić information content (AvgIpc) is 2.88. The number of hydrogen-bond acceptors (Lipinski definition) is 5. The van der Waals surface area contributed by atoms with Crippen LogP contribution >= 0.6 is 11.8 Å². The third kappa shape index (κ3) is 2.79. The van der Waals surface area contributed by atoms with Gasteiger partial charge in [-0.2, -0.15) is 0 Å². The van der Waals surface area contributed by atoms with E-state index in [1.807, 2.05) is 31.2 Å². The van der Waals surface area contributed by atoms with Crippen molar-refractivity contribution in [2.45, 2.75) is 26.8 Å². The summed E-state index contributed by atoms with van der Waals surface area (Å²) in [6, 6.07) is 7.39. The van der Waals surface area contributed by atoms with E-state index in [1.165, 1.54) is 11.8 Å². The molecule has 3 rings (SSSR count). The van der Waals surface area contributed by atoms with Crippen molar-refractivity contribution >= 4 is 28.8 Å². The van der Waals surface area contributed by atoms with E-state index in [2.05, 4.69) is 4.99 Å². The van der Waals surface area contributed by atoms with Gasteiger partial charge in [0.1, 0.15) is 0 Å². The Morgan fingerprint density at radius 1 is 1.35 bits per heavy atom. The SMILES string of the molecule is CCOC(=O)C1=C(C)N=C2SCC(=O)N2C1c1ccc(C)cc1. The van der Waals surface area contributed by atoms with Crippen LogP contribution in [0.3, 0.4) is 0 Å². The van der Waals surface area contributed by atoms with Gasteiger partial charge in [-0.15, -0.1) is 0 Å². The van der Waals surface area contributed by atoms with Gasteiger partial charge in [-0.3, -0.25) is 9.69 Å². The van der Waals surface area contributed by atoms with Gasteiger partial charge in [0.2, 0.25) is 5.91 Å². The largest absolute Gasteiger partial charge is 0.463 e. The van der Waals surface area contributed by atoms with E-state index in [1.54, 1.807) is 18.7 Å². The molecule has 120 valence electrons. The van der Waals surface area contributed by atoms with E-state index >= 15 is 0 Å². The number of ether oxygens (including phenoxy) is 1. The lowest BCUT2D eigenvalue weighted by Gasteiger charge is -2.32. The quantitative estimate of drug-likeness (QED) is 0.800. The van der Waals surface area contributed by atoms with E-state index in [-0.39, 0.29) is 12.5 Å². The van der Waals surface area contributed by atoms with Crippen molar-refractivity contribution in [1.29, 1.82) is 0 Å². The van der Waals surface area contributed by atoms with Gasteiger partial charge in [0, 0.05) is 0 Å². The van der Waals surface area contributed by atoms with Crippen molar-refractivity contribution < 1.29 is 14.3 Å². The number of hydrogen-bond donors (Lipinski definition) is 0. The molecule has 0 radical (unpaired) electrons. The highest BCUT2D eigenvalue weighted by Gasteiger charge is 2.43. The smallest absolute Gasteiger partial charge is 0.338 e. The van der Waals surface area contributed by atoms with Gasteiger partial charge < -0.3 is 4.74 Å². The number of carbonyl (C=O) groups excluding carboxylic acids is 2. The zero-order valence-corrected chi connectivity index (χ0v) is 14.1. The first kappa shape index (κ1) is 15.8. The summed E-state index contributed by atoms with van der Waals surface area (Å²) in [6.07, 6.45) is 0. The zero-order valence-electron chi connectivity index (χ0n) is 13.3. The van der Waals surface area contributed by atoms with Gasteiger partial charge in [-0.25, -0.2) is 9.79 Å². The van der Waals surface area contributed by atoms with E-state index in [0.717, 1.165) is 11.1 Å². The molecule has 1 atom stereocenters. The molecule has 2 heterocycles. The van der Waals surface area contributed by atoms with Crippen molar-refractivity contribution in [3.8, 4) is 0 Å². The molecule has 6 heteroatoms. The van der Waals surface area contributed by atoms with Crippen LogP contribution in [-0.4, -0.2) is 34.3 Å². The molecule has 5 nitrogen and oxygen atoms in total. The molecule has 2 aliphatic rings. The molecule has 0 bridgehead atoms. The van der Waals surface area contributed by atoms with Crippen LogP contribution < -0.4 is 0 Å².